The van der Waals surface area contributed by atoms with Crippen LogP contribution in [0.25, 0.3) is 0 Å². The van der Waals surface area contributed by atoms with E-state index in [1.165, 1.54) is 12.0 Å². The Kier molecular flexibility index (Phi) is 1.95. The molecule has 0 spiro atoms. The number of benzene rings is 1. The number of hydrogen-bond acceptors (Lipinski definition) is 1. The number of hydrogen-bond donors (Lipinski definition) is 0. The average molecular weight is 200 g/mol. The lowest BCUT2D eigenvalue weighted by Gasteiger charge is -2.41. The number of carbonyl (C=O) groups excluding carboxylic acids is 1. The Bertz CT molecular complexity index is 372. The Morgan fingerprint density at radius 3 is 2.27 bits per heavy atom. The van der Waals surface area contributed by atoms with Crippen molar-refractivity contribution >= 4 is 5.78 Å². The van der Waals surface area contributed by atoms with Gasteiger partial charge in [0, 0.05) is 5.92 Å². The molecule has 78 valence electrons. The first-order valence-corrected chi connectivity index (χ1v) is 5.93. The van der Waals surface area contributed by atoms with Gasteiger partial charge in [0.15, 0.2) is 0 Å². The quantitative estimate of drug-likeness (QED) is 0.732. The fraction of sp³-hybridized carbons (Fsp3) is 0.500. The molecule has 3 rings (SSSR count). The van der Waals surface area contributed by atoms with E-state index in [4.69, 9.17) is 0 Å². The molecule has 2 saturated carbocycles. The van der Waals surface area contributed by atoms with Crippen LogP contribution in [0.5, 0.6) is 0 Å². The molecule has 2 fully saturated rings. The highest BCUT2D eigenvalue weighted by Crippen LogP contribution is 2.49. The van der Waals surface area contributed by atoms with Gasteiger partial charge in [-0.05, 0) is 31.2 Å². The van der Waals surface area contributed by atoms with Crippen LogP contribution < -0.4 is 0 Å². The van der Waals surface area contributed by atoms with Crippen molar-refractivity contribution in [2.75, 3.05) is 0 Å². The second kappa shape index (κ2) is 3.19. The fourth-order valence-electron chi connectivity index (χ4n) is 2.70. The summed E-state index contributed by atoms with van der Waals surface area (Å²) in [6.07, 6.45) is 5.63. The molecular weight excluding hydrogens is 184 g/mol. The molecule has 1 aromatic carbocycles. The summed E-state index contributed by atoms with van der Waals surface area (Å²) in [6, 6.07) is 10.4. The minimum atomic E-state index is -0.0809. The van der Waals surface area contributed by atoms with E-state index >= 15 is 0 Å². The van der Waals surface area contributed by atoms with Crippen molar-refractivity contribution in [3.05, 3.63) is 35.9 Å². The summed E-state index contributed by atoms with van der Waals surface area (Å²) in [5, 5.41) is 0. The predicted octanol–water partition coefficient (Wildman–Crippen LogP) is 3.09. The van der Waals surface area contributed by atoms with E-state index in [9.17, 15) is 4.79 Å². The molecule has 1 aromatic rings. The van der Waals surface area contributed by atoms with E-state index < -0.39 is 0 Å². The van der Waals surface area contributed by atoms with E-state index in [0.717, 1.165) is 25.7 Å². The standard InChI is InChI=1S/C14H16O/c15-13(11-7-8-11)14(9-4-10-14)12-5-2-1-3-6-12/h1-3,5-6,11H,4,7-10H2. The molecule has 15 heavy (non-hydrogen) atoms. The van der Waals surface area contributed by atoms with Crippen molar-refractivity contribution in [3.8, 4) is 0 Å². The third-order valence-electron chi connectivity index (χ3n) is 3.95. The Morgan fingerprint density at radius 2 is 1.80 bits per heavy atom. The lowest BCUT2D eigenvalue weighted by Crippen LogP contribution is -2.43. The van der Waals surface area contributed by atoms with E-state index in [0.29, 0.717) is 11.7 Å². The van der Waals surface area contributed by atoms with Crippen LogP contribution in [0.2, 0.25) is 0 Å². The molecule has 1 heteroatoms. The maximum atomic E-state index is 12.3. The average Bonchev–Trinajstić information content (AvgIpc) is 3.00. The van der Waals surface area contributed by atoms with Crippen molar-refractivity contribution in [1.29, 1.82) is 0 Å². The van der Waals surface area contributed by atoms with Crippen molar-refractivity contribution in [1.82, 2.24) is 0 Å². The molecule has 0 amide bonds. The zero-order valence-corrected chi connectivity index (χ0v) is 8.91. The number of rotatable bonds is 3. The van der Waals surface area contributed by atoms with E-state index in [2.05, 4.69) is 24.3 Å². The van der Waals surface area contributed by atoms with Crippen LogP contribution in [0.1, 0.15) is 37.7 Å². The molecule has 0 aliphatic heterocycles. The molecule has 0 N–H and O–H groups in total. The van der Waals surface area contributed by atoms with Gasteiger partial charge in [-0.25, -0.2) is 0 Å². The van der Waals surface area contributed by atoms with Gasteiger partial charge in [-0.2, -0.15) is 0 Å². The Hall–Kier alpha value is -1.11. The lowest BCUT2D eigenvalue weighted by atomic mass is 9.61. The van der Waals surface area contributed by atoms with Gasteiger partial charge in [0.2, 0.25) is 0 Å². The molecule has 0 atom stereocenters. The van der Waals surface area contributed by atoms with Gasteiger partial charge in [-0.1, -0.05) is 36.8 Å². The highest BCUT2D eigenvalue weighted by atomic mass is 16.1. The highest BCUT2D eigenvalue weighted by molar-refractivity contribution is 5.94. The fourth-order valence-corrected chi connectivity index (χ4v) is 2.70. The molecule has 0 saturated heterocycles. The third kappa shape index (κ3) is 1.33. The first-order valence-electron chi connectivity index (χ1n) is 5.93. The summed E-state index contributed by atoms with van der Waals surface area (Å²) >= 11 is 0. The largest absolute Gasteiger partial charge is 0.298 e. The van der Waals surface area contributed by atoms with Crippen molar-refractivity contribution in [2.45, 2.75) is 37.5 Å². The van der Waals surface area contributed by atoms with Gasteiger partial charge in [-0.3, -0.25) is 4.79 Å². The number of Topliss-reactive ketones (excluding diaryl/α,β-unsaturated/α-hetero) is 1. The van der Waals surface area contributed by atoms with E-state index in [1.807, 2.05) is 6.07 Å². The highest BCUT2D eigenvalue weighted by Gasteiger charge is 2.50. The molecule has 0 radical (unpaired) electrons. The van der Waals surface area contributed by atoms with Gasteiger partial charge >= 0.3 is 0 Å². The third-order valence-corrected chi connectivity index (χ3v) is 3.95. The molecular formula is C14H16O. The molecule has 0 aromatic heterocycles. The maximum absolute atomic E-state index is 12.3. The minimum Gasteiger partial charge on any atom is -0.298 e. The minimum absolute atomic E-state index is 0.0809. The summed E-state index contributed by atoms with van der Waals surface area (Å²) in [4.78, 5) is 12.3. The summed E-state index contributed by atoms with van der Waals surface area (Å²) in [6.45, 7) is 0. The van der Waals surface area contributed by atoms with Gasteiger partial charge < -0.3 is 0 Å². The van der Waals surface area contributed by atoms with Crippen molar-refractivity contribution in [2.24, 2.45) is 5.92 Å². The lowest BCUT2D eigenvalue weighted by molar-refractivity contribution is -0.129. The summed E-state index contributed by atoms with van der Waals surface area (Å²) in [5.74, 6) is 0.922. The predicted molar refractivity (Wildman–Crippen MR) is 59.7 cm³/mol. The first kappa shape index (κ1) is 9.14. The molecule has 2 aliphatic carbocycles. The topological polar surface area (TPSA) is 17.1 Å². The summed E-state index contributed by atoms with van der Waals surface area (Å²) in [5.41, 5.74) is 1.18. The van der Waals surface area contributed by atoms with Crippen LogP contribution >= 0.6 is 0 Å². The Labute approximate surface area is 90.5 Å². The summed E-state index contributed by atoms with van der Waals surface area (Å²) in [7, 11) is 0. The SMILES string of the molecule is O=C(C1CC1)C1(c2ccccc2)CCC1. The van der Waals surface area contributed by atoms with Crippen molar-refractivity contribution < 1.29 is 4.79 Å². The van der Waals surface area contributed by atoms with Crippen LogP contribution in [0.3, 0.4) is 0 Å². The van der Waals surface area contributed by atoms with Gasteiger partial charge in [-0.15, -0.1) is 0 Å². The van der Waals surface area contributed by atoms with Crippen LogP contribution in [-0.4, -0.2) is 5.78 Å². The van der Waals surface area contributed by atoms with E-state index in [-0.39, 0.29) is 5.41 Å². The molecule has 0 bridgehead atoms. The Balaban J connectivity index is 1.95. The zero-order chi connectivity index (χ0) is 10.3. The molecule has 2 aliphatic rings. The summed E-state index contributed by atoms with van der Waals surface area (Å²) < 4.78 is 0. The van der Waals surface area contributed by atoms with Crippen LogP contribution in [0.15, 0.2) is 30.3 Å². The molecule has 0 unspecified atom stereocenters. The number of ketones is 1. The van der Waals surface area contributed by atoms with Crippen LogP contribution in [0.4, 0.5) is 0 Å². The molecule has 1 nitrogen and oxygen atoms in total. The van der Waals surface area contributed by atoms with Crippen molar-refractivity contribution in [3.63, 3.8) is 0 Å². The monoisotopic (exact) mass is 200 g/mol. The number of carbonyl (C=O) groups is 1. The zero-order valence-electron chi connectivity index (χ0n) is 8.91. The smallest absolute Gasteiger partial charge is 0.146 e. The molecule has 0 heterocycles. The second-order valence-corrected chi connectivity index (χ2v) is 4.94. The second-order valence-electron chi connectivity index (χ2n) is 4.94. The van der Waals surface area contributed by atoms with Crippen LogP contribution in [0, 0.1) is 5.92 Å². The normalized spacial score (nSPS) is 23.2. The van der Waals surface area contributed by atoms with Gasteiger partial charge in [0.25, 0.3) is 0 Å². The maximum Gasteiger partial charge on any atom is 0.146 e. The van der Waals surface area contributed by atoms with Crippen LogP contribution in [-0.2, 0) is 10.2 Å². The first-order chi connectivity index (χ1) is 7.33. The van der Waals surface area contributed by atoms with Gasteiger partial charge in [0.05, 0.1) is 5.41 Å². The van der Waals surface area contributed by atoms with Gasteiger partial charge in [0.1, 0.15) is 5.78 Å². The van der Waals surface area contributed by atoms with E-state index in [1.54, 1.807) is 0 Å². The Morgan fingerprint density at radius 1 is 1.13 bits per heavy atom.